The number of nitrogens with two attached hydrogens (primary N) is 1. The number of ketones is 2. The maximum Gasteiger partial charge on any atom is 0.210 e. The van der Waals surface area contributed by atoms with Gasteiger partial charge in [0, 0.05) is 11.1 Å². The highest BCUT2D eigenvalue weighted by atomic mass is 32.2. The summed E-state index contributed by atoms with van der Waals surface area (Å²) in [4.78, 5) is 23.7. The van der Waals surface area contributed by atoms with Crippen molar-refractivity contribution in [1.82, 2.24) is 0 Å². The molecule has 0 aliphatic heterocycles. The molecule has 0 heterocycles. The van der Waals surface area contributed by atoms with E-state index in [0.717, 1.165) is 0 Å². The van der Waals surface area contributed by atoms with E-state index < -0.39 is 37.3 Å². The van der Waals surface area contributed by atoms with Crippen molar-refractivity contribution in [3.05, 3.63) is 46.0 Å². The Morgan fingerprint density at radius 3 is 1.95 bits per heavy atom. The highest BCUT2D eigenvalue weighted by Crippen LogP contribution is 2.28. The molecule has 19 heavy (non-hydrogen) atoms. The molecule has 6 heteroatoms. The molecule has 0 atom stereocenters. The Hall–Kier alpha value is -1.95. The molecule has 0 saturated carbocycles. The molecule has 100 valence electrons. The number of carbonyl (C=O) groups is 2. The van der Waals surface area contributed by atoms with Gasteiger partial charge in [0.15, 0.2) is 9.84 Å². The van der Waals surface area contributed by atoms with Gasteiger partial charge in [-0.05, 0) is 13.8 Å². The maximum atomic E-state index is 12.3. The lowest BCUT2D eigenvalue weighted by molar-refractivity contribution is 0.0979. The first-order chi connectivity index (χ1) is 8.78. The molecule has 2 rings (SSSR count). The van der Waals surface area contributed by atoms with E-state index in [1.54, 1.807) is 12.1 Å². The van der Waals surface area contributed by atoms with Crippen LogP contribution in [0.25, 0.3) is 0 Å². The van der Waals surface area contributed by atoms with Crippen molar-refractivity contribution >= 4 is 21.4 Å². The van der Waals surface area contributed by atoms with Crippen molar-refractivity contribution in [2.24, 2.45) is 5.73 Å². The summed E-state index contributed by atoms with van der Waals surface area (Å²) in [6.07, 6.45) is 0. The molecular formula is C13H13NO4S. The molecule has 5 nitrogen and oxygen atoms in total. The first kappa shape index (κ1) is 13.5. The van der Waals surface area contributed by atoms with Crippen LogP contribution >= 0.6 is 0 Å². The topological polar surface area (TPSA) is 94.3 Å². The van der Waals surface area contributed by atoms with Crippen molar-refractivity contribution in [3.8, 4) is 0 Å². The largest absolute Gasteiger partial charge is 0.394 e. The van der Waals surface area contributed by atoms with Gasteiger partial charge in [-0.2, -0.15) is 0 Å². The first-order valence-corrected chi connectivity index (χ1v) is 7.25. The van der Waals surface area contributed by atoms with Gasteiger partial charge >= 0.3 is 0 Å². The summed E-state index contributed by atoms with van der Waals surface area (Å²) >= 11 is 0. The van der Waals surface area contributed by atoms with Crippen LogP contribution < -0.4 is 5.73 Å². The van der Waals surface area contributed by atoms with E-state index >= 15 is 0 Å². The van der Waals surface area contributed by atoms with Crippen LogP contribution in [-0.2, 0) is 9.84 Å². The van der Waals surface area contributed by atoms with Crippen LogP contribution in [0.4, 0.5) is 0 Å². The highest BCUT2D eigenvalue weighted by molar-refractivity contribution is 7.96. The van der Waals surface area contributed by atoms with Crippen molar-refractivity contribution in [2.75, 3.05) is 0 Å². The van der Waals surface area contributed by atoms with Gasteiger partial charge in [-0.15, -0.1) is 0 Å². The Bertz CT molecular complexity index is 714. The molecule has 1 aromatic carbocycles. The SMILES string of the molecule is CC(C)S(=O)(=O)C1=C(N)C(=O)c2ccccc2C1=O. The summed E-state index contributed by atoms with van der Waals surface area (Å²) in [6.45, 7) is 2.88. The van der Waals surface area contributed by atoms with Gasteiger partial charge in [0.05, 0.1) is 5.25 Å². The molecule has 1 aliphatic rings. The minimum Gasteiger partial charge on any atom is -0.394 e. The number of allylic oxidation sites excluding steroid dienone is 2. The Balaban J connectivity index is 2.76. The Morgan fingerprint density at radius 2 is 1.47 bits per heavy atom. The lowest BCUT2D eigenvalue weighted by Gasteiger charge is -2.19. The number of fused-ring (bicyclic) bond motifs is 1. The summed E-state index contributed by atoms with van der Waals surface area (Å²) in [7, 11) is -3.89. The van der Waals surface area contributed by atoms with Crippen molar-refractivity contribution in [2.45, 2.75) is 19.1 Å². The predicted octanol–water partition coefficient (Wildman–Crippen LogP) is 1.06. The lowest BCUT2D eigenvalue weighted by atomic mass is 9.93. The Labute approximate surface area is 111 Å². The standard InChI is InChI=1S/C13H13NO4S/c1-7(2)19(17,18)13-10(14)11(15)8-5-3-4-6-9(8)12(13)16/h3-7H,14H2,1-2H3. The number of rotatable bonds is 2. The number of carbonyl (C=O) groups excluding carboxylic acids is 2. The van der Waals surface area contributed by atoms with Gasteiger partial charge in [0.1, 0.15) is 10.6 Å². The number of hydrogen-bond acceptors (Lipinski definition) is 5. The predicted molar refractivity (Wildman–Crippen MR) is 70.4 cm³/mol. The van der Waals surface area contributed by atoms with E-state index in [4.69, 9.17) is 5.73 Å². The van der Waals surface area contributed by atoms with Crippen LogP contribution in [0.15, 0.2) is 34.9 Å². The second kappa shape index (κ2) is 4.31. The van der Waals surface area contributed by atoms with E-state index in [-0.39, 0.29) is 11.1 Å². The molecule has 2 N–H and O–H groups in total. The fourth-order valence-electron chi connectivity index (χ4n) is 1.89. The van der Waals surface area contributed by atoms with Gasteiger partial charge in [0.25, 0.3) is 0 Å². The zero-order valence-corrected chi connectivity index (χ0v) is 11.3. The molecule has 0 spiro atoms. The van der Waals surface area contributed by atoms with Gasteiger partial charge in [-0.1, -0.05) is 24.3 Å². The van der Waals surface area contributed by atoms with E-state index in [0.29, 0.717) is 0 Å². The summed E-state index contributed by atoms with van der Waals surface area (Å²) in [5, 5.41) is -0.817. The third kappa shape index (κ3) is 1.88. The molecule has 0 fully saturated rings. The molecule has 1 aromatic rings. The van der Waals surface area contributed by atoms with Gasteiger partial charge < -0.3 is 5.73 Å². The average Bonchev–Trinajstić information content (AvgIpc) is 2.36. The molecule has 0 amide bonds. The van der Waals surface area contributed by atoms with E-state index in [9.17, 15) is 18.0 Å². The summed E-state index contributed by atoms with van der Waals surface area (Å²) in [5.74, 6) is -1.32. The molecule has 0 aromatic heterocycles. The molecule has 0 unspecified atom stereocenters. The second-order valence-electron chi connectivity index (χ2n) is 4.54. The van der Waals surface area contributed by atoms with Gasteiger partial charge in [0.2, 0.25) is 11.6 Å². The minimum absolute atomic E-state index is 0.0842. The third-order valence-corrected chi connectivity index (χ3v) is 5.23. The normalized spacial score (nSPS) is 15.9. The van der Waals surface area contributed by atoms with Crippen LogP contribution in [0.1, 0.15) is 34.6 Å². The average molecular weight is 279 g/mol. The summed E-state index contributed by atoms with van der Waals surface area (Å²) in [5.41, 5.74) is 5.32. The maximum absolute atomic E-state index is 12.3. The number of sulfone groups is 1. The Kier molecular flexibility index (Phi) is 3.06. The number of hydrogen-bond donors (Lipinski definition) is 1. The van der Waals surface area contributed by atoms with Gasteiger partial charge in [-0.25, -0.2) is 8.42 Å². The molecule has 0 saturated heterocycles. The van der Waals surface area contributed by atoms with Crippen LogP contribution in [0.3, 0.4) is 0 Å². The van der Waals surface area contributed by atoms with Crippen LogP contribution in [-0.4, -0.2) is 25.2 Å². The molecule has 0 bridgehead atoms. The quantitative estimate of drug-likeness (QED) is 0.873. The second-order valence-corrected chi connectivity index (χ2v) is 6.98. The summed E-state index contributed by atoms with van der Waals surface area (Å²) < 4.78 is 24.3. The first-order valence-electron chi connectivity index (χ1n) is 5.70. The molecule has 0 radical (unpaired) electrons. The van der Waals surface area contributed by atoms with Gasteiger partial charge in [-0.3, -0.25) is 9.59 Å². The zero-order chi connectivity index (χ0) is 14.4. The van der Waals surface area contributed by atoms with Crippen LogP contribution in [0.2, 0.25) is 0 Å². The summed E-state index contributed by atoms with van der Waals surface area (Å²) in [6, 6.07) is 6.06. The number of benzene rings is 1. The van der Waals surface area contributed by atoms with Crippen molar-refractivity contribution in [3.63, 3.8) is 0 Å². The van der Waals surface area contributed by atoms with Crippen LogP contribution in [0.5, 0.6) is 0 Å². The fraction of sp³-hybridized carbons (Fsp3) is 0.231. The van der Waals surface area contributed by atoms with Crippen LogP contribution in [0, 0.1) is 0 Å². The van der Waals surface area contributed by atoms with Crippen molar-refractivity contribution < 1.29 is 18.0 Å². The van der Waals surface area contributed by atoms with E-state index in [2.05, 4.69) is 0 Å². The minimum atomic E-state index is -3.89. The molecular weight excluding hydrogens is 266 g/mol. The van der Waals surface area contributed by atoms with Crippen molar-refractivity contribution in [1.29, 1.82) is 0 Å². The zero-order valence-electron chi connectivity index (χ0n) is 10.5. The van der Waals surface area contributed by atoms with E-state index in [1.165, 1.54) is 26.0 Å². The fourth-order valence-corrected chi connectivity index (χ4v) is 3.13. The number of Topliss-reactive ketones (excluding diaryl/α,β-unsaturated/α-hetero) is 2. The van der Waals surface area contributed by atoms with E-state index in [1.807, 2.05) is 0 Å². The highest BCUT2D eigenvalue weighted by Gasteiger charge is 2.38. The monoisotopic (exact) mass is 279 g/mol. The lowest BCUT2D eigenvalue weighted by Crippen LogP contribution is -2.33. The smallest absolute Gasteiger partial charge is 0.210 e. The Morgan fingerprint density at radius 1 is 1.00 bits per heavy atom. The third-order valence-electron chi connectivity index (χ3n) is 3.02. The molecule has 1 aliphatic carbocycles.